The van der Waals surface area contributed by atoms with Crippen molar-refractivity contribution in [1.82, 2.24) is 20.4 Å². The van der Waals surface area contributed by atoms with E-state index in [0.29, 0.717) is 18.5 Å². The van der Waals surface area contributed by atoms with Crippen LogP contribution in [0.15, 0.2) is 34.7 Å². The highest BCUT2D eigenvalue weighted by molar-refractivity contribution is 5.89. The predicted octanol–water partition coefficient (Wildman–Crippen LogP) is 1.95. The highest BCUT2D eigenvalue weighted by atomic mass is 16.4. The Hall–Kier alpha value is -2.21. The maximum absolute atomic E-state index is 12.1. The Morgan fingerprint density at radius 1 is 1.36 bits per heavy atom. The second kappa shape index (κ2) is 6.70. The van der Waals surface area contributed by atoms with Crippen LogP contribution >= 0.6 is 0 Å². The summed E-state index contributed by atoms with van der Waals surface area (Å²) in [6, 6.07) is 9.83. The van der Waals surface area contributed by atoms with E-state index in [1.807, 2.05) is 30.3 Å². The first-order valence-corrected chi connectivity index (χ1v) is 7.69. The number of benzene rings is 1. The first-order valence-electron chi connectivity index (χ1n) is 7.69. The summed E-state index contributed by atoms with van der Waals surface area (Å²) in [5, 5.41) is 10.7. The fourth-order valence-corrected chi connectivity index (χ4v) is 2.84. The van der Waals surface area contributed by atoms with Crippen molar-refractivity contribution in [2.45, 2.75) is 25.8 Å². The smallest absolute Gasteiger partial charge is 0.308 e. The molecule has 1 aliphatic heterocycles. The molecule has 2 aromatic rings. The van der Waals surface area contributed by atoms with E-state index in [2.05, 4.69) is 27.3 Å². The van der Waals surface area contributed by atoms with Crippen molar-refractivity contribution in [3.05, 3.63) is 36.2 Å². The van der Waals surface area contributed by atoms with Crippen molar-refractivity contribution in [2.24, 2.45) is 0 Å². The van der Waals surface area contributed by atoms with Gasteiger partial charge in [0.25, 0.3) is 0 Å². The summed E-state index contributed by atoms with van der Waals surface area (Å²) in [4.78, 5) is 14.5. The molecule has 1 aliphatic rings. The van der Waals surface area contributed by atoms with E-state index in [9.17, 15) is 4.79 Å². The number of nitrogens with zero attached hydrogens (tertiary/aromatic N) is 3. The monoisotopic (exact) mass is 300 g/mol. The second-order valence-corrected chi connectivity index (χ2v) is 5.41. The lowest BCUT2D eigenvalue weighted by Gasteiger charge is -2.22. The summed E-state index contributed by atoms with van der Waals surface area (Å²) >= 11 is 0. The zero-order valence-electron chi connectivity index (χ0n) is 12.7. The number of nitrogens with one attached hydrogen (secondary N) is 1. The van der Waals surface area contributed by atoms with Crippen LogP contribution in [0.5, 0.6) is 0 Å². The van der Waals surface area contributed by atoms with Crippen LogP contribution in [0.2, 0.25) is 0 Å². The third kappa shape index (κ3) is 3.17. The first-order chi connectivity index (χ1) is 10.8. The number of amides is 1. The molecule has 0 spiro atoms. The molecule has 1 aromatic carbocycles. The zero-order valence-corrected chi connectivity index (χ0v) is 12.7. The third-order valence-corrected chi connectivity index (χ3v) is 4.04. The maximum Gasteiger partial charge on any atom is 0.308 e. The van der Waals surface area contributed by atoms with Gasteiger partial charge in [-0.1, -0.05) is 25.1 Å². The lowest BCUT2D eigenvalue weighted by Crippen LogP contribution is -2.40. The Balaban J connectivity index is 1.60. The van der Waals surface area contributed by atoms with Crippen LogP contribution in [-0.4, -0.2) is 46.7 Å². The molecule has 116 valence electrons. The molecule has 0 bridgehead atoms. The lowest BCUT2D eigenvalue weighted by molar-refractivity contribution is 0.0907. The van der Waals surface area contributed by atoms with Gasteiger partial charge in [-0.15, -0.1) is 10.2 Å². The van der Waals surface area contributed by atoms with Crippen molar-refractivity contribution in [3.8, 4) is 11.5 Å². The molecular formula is C16H20N4O2. The highest BCUT2D eigenvalue weighted by Crippen LogP contribution is 2.18. The van der Waals surface area contributed by atoms with Gasteiger partial charge in [0, 0.05) is 18.2 Å². The quantitative estimate of drug-likeness (QED) is 0.914. The lowest BCUT2D eigenvalue weighted by atomic mass is 10.2. The maximum atomic E-state index is 12.1. The van der Waals surface area contributed by atoms with Crippen molar-refractivity contribution in [2.75, 3.05) is 19.6 Å². The van der Waals surface area contributed by atoms with Crippen LogP contribution < -0.4 is 5.32 Å². The SMILES string of the molecule is CCN1CCCC1CNC(=O)c1nnc(-c2ccccc2)o1. The molecule has 1 unspecified atom stereocenters. The average Bonchev–Trinajstić information content (AvgIpc) is 3.22. The molecule has 1 fully saturated rings. The Morgan fingerprint density at radius 3 is 2.95 bits per heavy atom. The van der Waals surface area contributed by atoms with Gasteiger partial charge in [-0.05, 0) is 38.1 Å². The average molecular weight is 300 g/mol. The Bertz CT molecular complexity index is 626. The van der Waals surface area contributed by atoms with Crippen molar-refractivity contribution in [3.63, 3.8) is 0 Å². The van der Waals surface area contributed by atoms with E-state index >= 15 is 0 Å². The molecule has 1 amide bonds. The van der Waals surface area contributed by atoms with Gasteiger partial charge in [-0.25, -0.2) is 0 Å². The molecule has 6 nitrogen and oxygen atoms in total. The van der Waals surface area contributed by atoms with E-state index in [1.165, 1.54) is 6.42 Å². The van der Waals surface area contributed by atoms with Gasteiger partial charge in [-0.3, -0.25) is 9.69 Å². The Labute approximate surface area is 129 Å². The minimum Gasteiger partial charge on any atom is -0.412 e. The number of likely N-dealkylation sites (tertiary alicyclic amines) is 1. The summed E-state index contributed by atoms with van der Waals surface area (Å²) < 4.78 is 5.45. The summed E-state index contributed by atoms with van der Waals surface area (Å²) in [5.41, 5.74) is 0.807. The molecule has 2 heterocycles. The molecule has 1 aromatic heterocycles. The van der Waals surface area contributed by atoms with Gasteiger partial charge in [0.2, 0.25) is 5.89 Å². The fourth-order valence-electron chi connectivity index (χ4n) is 2.84. The van der Waals surface area contributed by atoms with Gasteiger partial charge < -0.3 is 9.73 Å². The van der Waals surface area contributed by atoms with Crippen LogP contribution in [0, 0.1) is 0 Å². The molecule has 1 atom stereocenters. The first kappa shape index (κ1) is 14.7. The van der Waals surface area contributed by atoms with Crippen LogP contribution in [0.1, 0.15) is 30.5 Å². The number of carbonyl (C=O) groups is 1. The summed E-state index contributed by atoms with van der Waals surface area (Å²) in [6.07, 6.45) is 2.31. The zero-order chi connectivity index (χ0) is 15.4. The van der Waals surface area contributed by atoms with Gasteiger partial charge >= 0.3 is 11.8 Å². The predicted molar refractivity (Wildman–Crippen MR) is 82.3 cm³/mol. The molecule has 1 N–H and O–H groups in total. The minimum atomic E-state index is -0.308. The fraction of sp³-hybridized carbons (Fsp3) is 0.438. The number of likely N-dealkylation sites (N-methyl/N-ethyl adjacent to an activating group) is 1. The summed E-state index contributed by atoms with van der Waals surface area (Å²) in [5.74, 6) is 0.0688. The molecule has 3 rings (SSSR count). The summed E-state index contributed by atoms with van der Waals surface area (Å²) in [6.45, 7) is 4.88. The van der Waals surface area contributed by atoms with E-state index in [-0.39, 0.29) is 11.8 Å². The van der Waals surface area contributed by atoms with Crippen molar-refractivity contribution in [1.29, 1.82) is 0 Å². The van der Waals surface area contributed by atoms with E-state index in [4.69, 9.17) is 4.42 Å². The number of aromatic nitrogens is 2. The van der Waals surface area contributed by atoms with E-state index < -0.39 is 0 Å². The standard InChI is InChI=1S/C16H20N4O2/c1-2-20-10-6-9-13(20)11-17-14(21)16-19-18-15(22-16)12-7-4-3-5-8-12/h3-5,7-8,13H,2,6,9-11H2,1H3,(H,17,21). The number of carbonyl (C=O) groups excluding carboxylic acids is 1. The topological polar surface area (TPSA) is 71.3 Å². The van der Waals surface area contributed by atoms with Gasteiger partial charge in [0.1, 0.15) is 0 Å². The molecule has 22 heavy (non-hydrogen) atoms. The van der Waals surface area contributed by atoms with Crippen molar-refractivity contribution >= 4 is 5.91 Å². The third-order valence-electron chi connectivity index (χ3n) is 4.04. The molecule has 0 aliphatic carbocycles. The minimum absolute atomic E-state index is 0.0138. The van der Waals surface area contributed by atoms with Crippen LogP contribution in [0.25, 0.3) is 11.5 Å². The van der Waals surface area contributed by atoms with Crippen LogP contribution in [0.3, 0.4) is 0 Å². The van der Waals surface area contributed by atoms with Crippen LogP contribution in [0.4, 0.5) is 0 Å². The largest absolute Gasteiger partial charge is 0.412 e. The Morgan fingerprint density at radius 2 is 2.18 bits per heavy atom. The van der Waals surface area contributed by atoms with Gasteiger partial charge in [0.05, 0.1) is 0 Å². The molecular weight excluding hydrogens is 280 g/mol. The summed E-state index contributed by atoms with van der Waals surface area (Å²) in [7, 11) is 0. The number of hydrogen-bond donors (Lipinski definition) is 1. The normalized spacial score (nSPS) is 18.5. The number of hydrogen-bond acceptors (Lipinski definition) is 5. The van der Waals surface area contributed by atoms with Crippen molar-refractivity contribution < 1.29 is 9.21 Å². The second-order valence-electron chi connectivity index (χ2n) is 5.41. The highest BCUT2D eigenvalue weighted by Gasteiger charge is 2.24. The Kier molecular flexibility index (Phi) is 4.48. The van der Waals surface area contributed by atoms with E-state index in [1.54, 1.807) is 0 Å². The molecule has 1 saturated heterocycles. The number of rotatable bonds is 5. The van der Waals surface area contributed by atoms with Gasteiger partial charge in [0.15, 0.2) is 0 Å². The molecule has 6 heteroatoms. The van der Waals surface area contributed by atoms with Crippen LogP contribution in [-0.2, 0) is 0 Å². The molecule has 0 radical (unpaired) electrons. The van der Waals surface area contributed by atoms with E-state index in [0.717, 1.165) is 25.1 Å². The van der Waals surface area contributed by atoms with Gasteiger partial charge in [-0.2, -0.15) is 0 Å². The molecule has 0 saturated carbocycles.